The summed E-state index contributed by atoms with van der Waals surface area (Å²) in [6.45, 7) is 31.2. The molecule has 8 nitrogen and oxygen atoms in total. The summed E-state index contributed by atoms with van der Waals surface area (Å²) in [6.07, 6.45) is 0.393. The molecule has 0 aliphatic rings. The van der Waals surface area contributed by atoms with Gasteiger partial charge in [0.25, 0.3) is 0 Å². The van der Waals surface area contributed by atoms with Crippen molar-refractivity contribution in [2.75, 3.05) is 26.4 Å². The van der Waals surface area contributed by atoms with E-state index in [4.69, 9.17) is 25.9 Å². The lowest BCUT2D eigenvalue weighted by Gasteiger charge is -2.39. The van der Waals surface area contributed by atoms with Gasteiger partial charge in [-0.1, -0.05) is 0 Å². The van der Waals surface area contributed by atoms with Gasteiger partial charge in [-0.05, 0) is 117 Å². The first-order chi connectivity index (χ1) is 16.9. The second kappa shape index (κ2) is 16.0. The molecule has 38 heavy (non-hydrogen) atoms. The van der Waals surface area contributed by atoms with Gasteiger partial charge in [0.15, 0.2) is 33.3 Å². The van der Waals surface area contributed by atoms with Crippen molar-refractivity contribution in [1.29, 1.82) is 0 Å². The minimum atomic E-state index is -2.33. The number of rotatable bonds is 21. The Bertz CT molecular complexity index is 570. The number of hydrogen-bond acceptors (Lipinski definition) is 8. The molecule has 0 aromatic rings. The topological polar surface area (TPSA) is 95.8 Å². The van der Waals surface area contributed by atoms with Crippen LogP contribution in [0.3, 0.4) is 0 Å². The fraction of sp³-hybridized carbons (Fsp3) is 1.00. The van der Waals surface area contributed by atoms with Crippen molar-refractivity contribution in [2.24, 2.45) is 0 Å². The van der Waals surface area contributed by atoms with Crippen molar-refractivity contribution < 1.29 is 36.1 Å². The van der Waals surface area contributed by atoms with Crippen LogP contribution in [0.25, 0.3) is 0 Å². The van der Waals surface area contributed by atoms with Crippen LogP contribution in [0.1, 0.15) is 12.8 Å². The minimum Gasteiger partial charge on any atom is -0.437 e. The minimum absolute atomic E-state index is 0.208. The third kappa shape index (κ3) is 20.0. The van der Waals surface area contributed by atoms with Crippen LogP contribution < -0.4 is 0 Å². The summed E-state index contributed by atoms with van der Waals surface area (Å²) in [7, 11) is -11.7. The smallest absolute Gasteiger partial charge is 0.314 e. The number of hydrogen-bond donors (Lipinski definition) is 2. The van der Waals surface area contributed by atoms with E-state index in [0.717, 1.165) is 24.9 Å². The van der Waals surface area contributed by atoms with Crippen LogP contribution >= 0.6 is 0 Å². The lowest BCUT2D eigenvalue weighted by Crippen LogP contribution is -2.52. The molecule has 14 heteroatoms. The van der Waals surface area contributed by atoms with Gasteiger partial charge in [-0.15, -0.1) is 0 Å². The first-order valence-corrected chi connectivity index (χ1v) is 32.9. The highest BCUT2D eigenvalue weighted by atomic mass is 28.5. The summed E-state index contributed by atoms with van der Waals surface area (Å²) in [5.41, 5.74) is 0. The Morgan fingerprint density at radius 2 is 0.684 bits per heavy atom. The molecule has 0 amide bonds. The number of aliphatic hydroxyl groups excluding tert-OH is 2. The van der Waals surface area contributed by atoms with Crippen LogP contribution in [0, 0.1) is 0 Å². The van der Waals surface area contributed by atoms with Crippen molar-refractivity contribution in [2.45, 2.75) is 129 Å². The van der Waals surface area contributed by atoms with Gasteiger partial charge in [-0.2, -0.15) is 0 Å². The van der Waals surface area contributed by atoms with Crippen LogP contribution in [0.4, 0.5) is 0 Å². The zero-order valence-corrected chi connectivity index (χ0v) is 33.2. The molecule has 0 spiro atoms. The van der Waals surface area contributed by atoms with E-state index in [1.807, 2.05) is 0 Å². The molecule has 0 rings (SSSR count). The molecule has 0 radical (unpaired) electrons. The summed E-state index contributed by atoms with van der Waals surface area (Å²) in [6, 6.07) is 1.67. The average molecular weight is 647 g/mol. The van der Waals surface area contributed by atoms with E-state index in [-0.39, 0.29) is 13.2 Å². The van der Waals surface area contributed by atoms with Gasteiger partial charge in [0.2, 0.25) is 0 Å². The van der Waals surface area contributed by atoms with E-state index in [1.165, 1.54) is 0 Å². The molecular formula is C24H62O8Si6. The van der Waals surface area contributed by atoms with Crippen LogP contribution in [-0.4, -0.2) is 99.2 Å². The fourth-order valence-corrected chi connectivity index (χ4v) is 29.7. The van der Waals surface area contributed by atoms with Crippen LogP contribution in [0.15, 0.2) is 0 Å². The second-order valence-electron chi connectivity index (χ2n) is 14.5. The van der Waals surface area contributed by atoms with Gasteiger partial charge >= 0.3 is 17.1 Å². The lowest BCUT2D eigenvalue weighted by molar-refractivity contribution is -0.109. The zero-order chi connectivity index (χ0) is 30.1. The lowest BCUT2D eigenvalue weighted by atomic mass is 10.2. The quantitative estimate of drug-likeness (QED) is 0.115. The molecule has 0 saturated carbocycles. The highest BCUT2D eigenvalue weighted by Gasteiger charge is 2.41. The van der Waals surface area contributed by atoms with Gasteiger partial charge in [0.1, 0.15) is 12.2 Å². The third-order valence-electron chi connectivity index (χ3n) is 5.08. The Morgan fingerprint density at radius 3 is 0.868 bits per heavy atom. The molecular weight excluding hydrogens is 585 g/mol. The largest absolute Gasteiger partial charge is 0.437 e. The maximum absolute atomic E-state index is 9.96. The monoisotopic (exact) mass is 646 g/mol. The van der Waals surface area contributed by atoms with Crippen molar-refractivity contribution in [3.8, 4) is 0 Å². The van der Waals surface area contributed by atoms with E-state index in [9.17, 15) is 10.2 Å². The first-order valence-electron chi connectivity index (χ1n) is 14.2. The molecule has 0 saturated heterocycles. The standard InChI is InChI=1S/C24H62O8Si6/c1-33(2,3)29-37(13,30-34(4,5)6)19-15-17-27-23(21-25)24(22-26)28-18-16-20-38(14,31-35(7,8)9)32-36(10,11)12/h23-26H,15-22H2,1-14H3. The van der Waals surface area contributed by atoms with E-state index in [1.54, 1.807) is 0 Å². The molecule has 0 aliphatic heterocycles. The first kappa shape index (κ1) is 39.0. The maximum atomic E-state index is 9.96. The molecule has 0 fully saturated rings. The summed E-state index contributed by atoms with van der Waals surface area (Å²) >= 11 is 0. The molecule has 0 aliphatic carbocycles. The van der Waals surface area contributed by atoms with E-state index in [2.05, 4.69) is 91.7 Å². The number of aliphatic hydroxyl groups is 2. The van der Waals surface area contributed by atoms with Crippen molar-refractivity contribution in [1.82, 2.24) is 0 Å². The normalized spacial score (nSPS) is 16.1. The Labute approximate surface area is 241 Å². The molecule has 0 aromatic heterocycles. The Balaban J connectivity index is 4.92. The predicted octanol–water partition coefficient (Wildman–Crippen LogP) is 6.07. The van der Waals surface area contributed by atoms with Crippen molar-refractivity contribution >= 4 is 50.4 Å². The molecule has 2 atom stereocenters. The Morgan fingerprint density at radius 1 is 0.447 bits per heavy atom. The summed E-state index contributed by atoms with van der Waals surface area (Å²) < 4.78 is 38.3. The molecule has 2 unspecified atom stereocenters. The van der Waals surface area contributed by atoms with Crippen molar-refractivity contribution in [3.05, 3.63) is 0 Å². The summed E-state index contributed by atoms with van der Waals surface area (Å²) in [5, 5.41) is 19.9. The van der Waals surface area contributed by atoms with E-state index < -0.39 is 62.6 Å². The predicted molar refractivity (Wildman–Crippen MR) is 173 cm³/mol. The SMILES string of the molecule is C[Si](C)(C)O[Si](C)(CCCOC(CO)C(CO)OCCC[Si](C)(O[Si](C)(C)C)O[Si](C)(C)C)O[Si](C)(C)C. The molecule has 0 heterocycles. The van der Waals surface area contributed by atoms with Gasteiger partial charge in [0.05, 0.1) is 13.2 Å². The fourth-order valence-electron chi connectivity index (χ4n) is 4.65. The van der Waals surface area contributed by atoms with E-state index >= 15 is 0 Å². The maximum Gasteiger partial charge on any atom is 0.314 e. The van der Waals surface area contributed by atoms with Gasteiger partial charge in [0, 0.05) is 13.2 Å². The van der Waals surface area contributed by atoms with Crippen molar-refractivity contribution in [3.63, 3.8) is 0 Å². The second-order valence-corrected chi connectivity index (χ2v) is 40.2. The summed E-state index contributed by atoms with van der Waals surface area (Å²) in [5.74, 6) is 0. The molecule has 2 N–H and O–H groups in total. The Hall–Kier alpha value is 0.981. The average Bonchev–Trinajstić information content (AvgIpc) is 2.62. The van der Waals surface area contributed by atoms with Gasteiger partial charge in [-0.25, -0.2) is 0 Å². The zero-order valence-electron chi connectivity index (χ0n) is 27.2. The van der Waals surface area contributed by atoms with Crippen LogP contribution in [0.5, 0.6) is 0 Å². The van der Waals surface area contributed by atoms with Gasteiger partial charge in [-0.3, -0.25) is 0 Å². The molecule has 0 bridgehead atoms. The van der Waals surface area contributed by atoms with E-state index in [0.29, 0.717) is 13.2 Å². The molecule has 0 aromatic carbocycles. The van der Waals surface area contributed by atoms with Crippen LogP contribution in [0.2, 0.25) is 104 Å². The van der Waals surface area contributed by atoms with Crippen LogP contribution in [-0.2, 0) is 25.9 Å². The Kier molecular flexibility index (Phi) is 16.4. The highest BCUT2D eigenvalue weighted by Crippen LogP contribution is 2.27. The molecule has 230 valence electrons. The van der Waals surface area contributed by atoms with Gasteiger partial charge < -0.3 is 36.1 Å². The summed E-state index contributed by atoms with van der Waals surface area (Å²) in [4.78, 5) is 0. The third-order valence-corrected chi connectivity index (χ3v) is 24.3. The number of ether oxygens (including phenoxy) is 2. The highest BCUT2D eigenvalue weighted by molar-refractivity contribution is 6.88.